The number of ether oxygens (including phenoxy) is 3. The van der Waals surface area contributed by atoms with Gasteiger partial charge >= 0.3 is 0 Å². The third kappa shape index (κ3) is 7.67. The van der Waals surface area contributed by atoms with Crippen molar-refractivity contribution in [1.29, 1.82) is 0 Å². The van der Waals surface area contributed by atoms with Gasteiger partial charge in [0.2, 0.25) is 0 Å². The molecule has 1 fully saturated rings. The van der Waals surface area contributed by atoms with Crippen LogP contribution in [0.5, 0.6) is 5.75 Å². The van der Waals surface area contributed by atoms with Gasteiger partial charge in [-0.05, 0) is 49.3 Å². The summed E-state index contributed by atoms with van der Waals surface area (Å²) < 4.78 is 17.4. The number of benzene rings is 1. The highest BCUT2D eigenvalue weighted by atomic mass is 16.7. The van der Waals surface area contributed by atoms with Gasteiger partial charge in [-0.2, -0.15) is 0 Å². The fourth-order valence-corrected chi connectivity index (χ4v) is 3.18. The van der Waals surface area contributed by atoms with Crippen molar-refractivity contribution in [3.63, 3.8) is 0 Å². The van der Waals surface area contributed by atoms with E-state index in [4.69, 9.17) is 14.2 Å². The first kappa shape index (κ1) is 19.3. The summed E-state index contributed by atoms with van der Waals surface area (Å²) in [6.45, 7) is 9.93. The highest BCUT2D eigenvalue weighted by Crippen LogP contribution is 2.23. The van der Waals surface area contributed by atoms with E-state index in [0.29, 0.717) is 24.7 Å². The molecule has 2 rings (SSSR count). The van der Waals surface area contributed by atoms with E-state index in [1.807, 2.05) is 19.1 Å². The van der Waals surface area contributed by atoms with Crippen molar-refractivity contribution in [2.24, 2.45) is 5.41 Å². The minimum absolute atomic E-state index is 0.256. The Kier molecular flexibility index (Phi) is 7.57. The molecule has 0 heterocycles. The maximum Gasteiger partial charge on any atom is 0.197 e. The minimum Gasteiger partial charge on any atom is -0.465 e. The van der Waals surface area contributed by atoms with Gasteiger partial charge in [0.05, 0.1) is 19.3 Å². The molecule has 1 aromatic rings. The largest absolute Gasteiger partial charge is 0.465 e. The molecule has 0 bridgehead atoms. The lowest BCUT2D eigenvalue weighted by molar-refractivity contribution is -0.0940. The van der Waals surface area contributed by atoms with Crippen molar-refractivity contribution < 1.29 is 14.2 Å². The van der Waals surface area contributed by atoms with Crippen LogP contribution in [0.3, 0.4) is 0 Å². The Morgan fingerprint density at radius 2 is 1.67 bits per heavy atom. The molecule has 0 aliphatic heterocycles. The van der Waals surface area contributed by atoms with Crippen LogP contribution in [0, 0.1) is 5.41 Å². The van der Waals surface area contributed by atoms with Crippen molar-refractivity contribution in [1.82, 2.24) is 0 Å². The summed E-state index contributed by atoms with van der Waals surface area (Å²) >= 11 is 0. The van der Waals surface area contributed by atoms with Crippen molar-refractivity contribution >= 4 is 0 Å². The second-order valence-corrected chi connectivity index (χ2v) is 8.07. The molecule has 1 unspecified atom stereocenters. The summed E-state index contributed by atoms with van der Waals surface area (Å²) in [5, 5.41) is 0. The van der Waals surface area contributed by atoms with E-state index in [2.05, 4.69) is 32.9 Å². The Morgan fingerprint density at radius 3 is 2.29 bits per heavy atom. The van der Waals surface area contributed by atoms with Crippen LogP contribution >= 0.6 is 0 Å². The summed E-state index contributed by atoms with van der Waals surface area (Å²) in [4.78, 5) is 0. The molecule has 1 saturated carbocycles. The zero-order valence-corrected chi connectivity index (χ0v) is 15.8. The van der Waals surface area contributed by atoms with E-state index in [-0.39, 0.29) is 6.29 Å². The molecular formula is C21H34O3. The number of hydrogen-bond donors (Lipinski definition) is 0. The Bertz CT molecular complexity index is 455. The predicted molar refractivity (Wildman–Crippen MR) is 98.5 cm³/mol. The van der Waals surface area contributed by atoms with E-state index in [1.165, 1.54) is 37.7 Å². The average Bonchev–Trinajstić information content (AvgIpc) is 2.53. The smallest absolute Gasteiger partial charge is 0.197 e. The van der Waals surface area contributed by atoms with Gasteiger partial charge in [0, 0.05) is 0 Å². The summed E-state index contributed by atoms with van der Waals surface area (Å²) in [6, 6.07) is 8.33. The molecular weight excluding hydrogens is 300 g/mol. The first-order chi connectivity index (χ1) is 11.4. The summed E-state index contributed by atoms with van der Waals surface area (Å²) in [6.07, 6.45) is 7.61. The lowest BCUT2D eigenvalue weighted by atomic mass is 9.88. The molecule has 0 spiro atoms. The zero-order valence-electron chi connectivity index (χ0n) is 15.8. The molecule has 1 aromatic carbocycles. The molecule has 3 nitrogen and oxygen atoms in total. The Balaban J connectivity index is 1.63. The van der Waals surface area contributed by atoms with E-state index in [0.717, 1.165) is 12.2 Å². The molecule has 1 atom stereocenters. The minimum atomic E-state index is -0.256. The predicted octanol–water partition coefficient (Wildman–Crippen LogP) is 5.37. The maximum absolute atomic E-state index is 5.87. The van der Waals surface area contributed by atoms with E-state index in [1.54, 1.807) is 0 Å². The van der Waals surface area contributed by atoms with Crippen molar-refractivity contribution in [3.05, 3.63) is 29.8 Å². The highest BCUT2D eigenvalue weighted by molar-refractivity contribution is 5.27. The average molecular weight is 334 g/mol. The topological polar surface area (TPSA) is 27.7 Å². The standard InChI is InChI=1S/C21H34O3/c1-17(22-14-15-23-19-8-6-5-7-9-19)24-20-12-10-18(11-13-20)16-21(2,3)4/h10-13,17,19H,5-9,14-16H2,1-4H3. The summed E-state index contributed by atoms with van der Waals surface area (Å²) in [7, 11) is 0. The van der Waals surface area contributed by atoms with Gasteiger partial charge < -0.3 is 14.2 Å². The second kappa shape index (κ2) is 9.43. The molecule has 0 radical (unpaired) electrons. The van der Waals surface area contributed by atoms with Crippen LogP contribution in [-0.4, -0.2) is 25.6 Å². The number of rotatable bonds is 8. The molecule has 1 aliphatic rings. The molecule has 24 heavy (non-hydrogen) atoms. The van der Waals surface area contributed by atoms with Gasteiger partial charge in [-0.15, -0.1) is 0 Å². The second-order valence-electron chi connectivity index (χ2n) is 8.07. The SMILES string of the molecule is CC(OCCOC1CCCCC1)Oc1ccc(CC(C)(C)C)cc1. The molecule has 1 aliphatic carbocycles. The van der Waals surface area contributed by atoms with Crippen LogP contribution in [0.4, 0.5) is 0 Å². The van der Waals surface area contributed by atoms with Gasteiger partial charge in [-0.3, -0.25) is 0 Å². The van der Waals surface area contributed by atoms with Crippen LogP contribution < -0.4 is 4.74 Å². The van der Waals surface area contributed by atoms with Gasteiger partial charge in [-0.1, -0.05) is 52.2 Å². The Hall–Kier alpha value is -1.06. The maximum atomic E-state index is 5.87. The summed E-state index contributed by atoms with van der Waals surface area (Å²) in [5.41, 5.74) is 1.64. The zero-order chi connectivity index (χ0) is 17.4. The van der Waals surface area contributed by atoms with Crippen molar-refractivity contribution in [2.75, 3.05) is 13.2 Å². The van der Waals surface area contributed by atoms with Gasteiger partial charge in [0.25, 0.3) is 0 Å². The Morgan fingerprint density at radius 1 is 1.00 bits per heavy atom. The highest BCUT2D eigenvalue weighted by Gasteiger charge is 2.14. The van der Waals surface area contributed by atoms with Crippen LogP contribution in [0.1, 0.15) is 65.4 Å². The van der Waals surface area contributed by atoms with E-state index < -0.39 is 0 Å². The normalized spacial score (nSPS) is 17.7. The number of hydrogen-bond acceptors (Lipinski definition) is 3. The third-order valence-corrected chi connectivity index (χ3v) is 4.30. The van der Waals surface area contributed by atoms with Crippen molar-refractivity contribution in [3.8, 4) is 5.75 Å². The van der Waals surface area contributed by atoms with Crippen LogP contribution in [0.15, 0.2) is 24.3 Å². The molecule has 0 N–H and O–H groups in total. The van der Waals surface area contributed by atoms with Crippen LogP contribution in [-0.2, 0) is 15.9 Å². The quantitative estimate of drug-likeness (QED) is 0.473. The lowest BCUT2D eigenvalue weighted by Gasteiger charge is -2.22. The van der Waals surface area contributed by atoms with E-state index in [9.17, 15) is 0 Å². The molecule has 136 valence electrons. The van der Waals surface area contributed by atoms with Gasteiger partial charge in [-0.25, -0.2) is 0 Å². The molecule has 3 heteroatoms. The van der Waals surface area contributed by atoms with E-state index >= 15 is 0 Å². The molecule has 0 aromatic heterocycles. The van der Waals surface area contributed by atoms with Crippen molar-refractivity contribution in [2.45, 2.75) is 78.6 Å². The first-order valence-corrected chi connectivity index (χ1v) is 9.41. The molecule has 0 amide bonds. The lowest BCUT2D eigenvalue weighted by Crippen LogP contribution is -2.22. The van der Waals surface area contributed by atoms with Crippen LogP contribution in [0.25, 0.3) is 0 Å². The Labute approximate surface area is 147 Å². The first-order valence-electron chi connectivity index (χ1n) is 9.41. The molecule has 0 saturated heterocycles. The fraction of sp³-hybridized carbons (Fsp3) is 0.714. The fourth-order valence-electron chi connectivity index (χ4n) is 3.18. The van der Waals surface area contributed by atoms with Crippen LogP contribution in [0.2, 0.25) is 0 Å². The van der Waals surface area contributed by atoms with Gasteiger partial charge in [0.1, 0.15) is 5.75 Å². The summed E-state index contributed by atoms with van der Waals surface area (Å²) in [5.74, 6) is 0.855. The third-order valence-electron chi connectivity index (χ3n) is 4.30. The monoisotopic (exact) mass is 334 g/mol. The van der Waals surface area contributed by atoms with Gasteiger partial charge in [0.15, 0.2) is 6.29 Å².